The quantitative estimate of drug-likeness (QED) is 0.659. The Morgan fingerprint density at radius 1 is 1.18 bits per heavy atom. The van der Waals surface area contributed by atoms with E-state index in [1.54, 1.807) is 11.0 Å². The molecule has 0 bridgehead atoms. The third-order valence-electron chi connectivity index (χ3n) is 5.03. The minimum absolute atomic E-state index is 0.213. The number of hydrogen-bond acceptors (Lipinski definition) is 5. The van der Waals surface area contributed by atoms with E-state index in [0.29, 0.717) is 31.6 Å². The summed E-state index contributed by atoms with van der Waals surface area (Å²) in [4.78, 5) is 26.2. The number of carbonyl (C=O) groups excluding carboxylic acids is 2. The van der Waals surface area contributed by atoms with Crippen molar-refractivity contribution in [3.63, 3.8) is 0 Å². The van der Waals surface area contributed by atoms with Gasteiger partial charge in [0.15, 0.2) is 0 Å². The average Bonchev–Trinajstić information content (AvgIpc) is 2.67. The van der Waals surface area contributed by atoms with Crippen LogP contribution in [0, 0.1) is 19.8 Å². The highest BCUT2D eigenvalue weighted by molar-refractivity contribution is 7.90. The van der Waals surface area contributed by atoms with E-state index in [4.69, 9.17) is 4.74 Å². The van der Waals surface area contributed by atoms with E-state index in [1.807, 2.05) is 26.0 Å². The topological polar surface area (TPSA) is 87.2 Å². The maximum absolute atomic E-state index is 12.9. The van der Waals surface area contributed by atoms with Crippen LogP contribution in [0.2, 0.25) is 0 Å². The van der Waals surface area contributed by atoms with Crippen LogP contribution in [0.1, 0.15) is 24.0 Å². The summed E-state index contributed by atoms with van der Waals surface area (Å²) in [6, 6.07) is 5.51. The third kappa shape index (κ3) is 4.82. The highest BCUT2D eigenvalue weighted by atomic mass is 32.2. The Hall–Kier alpha value is -2.13. The number of benzene rings is 1. The molecule has 0 unspecified atom stereocenters. The molecule has 1 aliphatic rings. The number of hydrogen-bond donors (Lipinski definition) is 0. The highest BCUT2D eigenvalue weighted by Gasteiger charge is 2.32. The molecule has 0 N–H and O–H groups in total. The number of nitrogens with zero attached hydrogens (tertiary/aromatic N) is 3. The third-order valence-corrected chi connectivity index (χ3v) is 6.84. The first-order valence-corrected chi connectivity index (χ1v) is 10.6. The van der Waals surface area contributed by atoms with Gasteiger partial charge in [-0.2, -0.15) is 12.7 Å². The molecule has 0 atom stereocenters. The summed E-state index contributed by atoms with van der Waals surface area (Å²) in [6.45, 7) is 4.22. The van der Waals surface area contributed by atoms with Crippen molar-refractivity contribution in [2.45, 2.75) is 26.7 Å². The van der Waals surface area contributed by atoms with Crippen molar-refractivity contribution in [1.29, 1.82) is 0 Å². The van der Waals surface area contributed by atoms with Crippen LogP contribution in [-0.4, -0.2) is 70.3 Å². The predicted octanol–water partition coefficient (Wildman–Crippen LogP) is 1.33. The molecule has 1 heterocycles. The lowest BCUT2D eigenvalue weighted by Gasteiger charge is -2.34. The van der Waals surface area contributed by atoms with Crippen LogP contribution in [0.25, 0.3) is 0 Å². The molecule has 0 radical (unpaired) electrons. The predicted molar refractivity (Wildman–Crippen MR) is 107 cm³/mol. The lowest BCUT2D eigenvalue weighted by atomic mass is 9.97. The average molecular weight is 412 g/mol. The van der Waals surface area contributed by atoms with E-state index in [1.165, 1.54) is 21.2 Å². The van der Waals surface area contributed by atoms with Gasteiger partial charge in [-0.15, -0.1) is 0 Å². The molecule has 0 aromatic heterocycles. The number of anilines is 1. The molecular weight excluding hydrogens is 382 g/mol. The number of amides is 1. The van der Waals surface area contributed by atoms with Crippen LogP contribution < -0.4 is 4.31 Å². The minimum atomic E-state index is -3.85. The monoisotopic (exact) mass is 411 g/mol. The van der Waals surface area contributed by atoms with Crippen LogP contribution in [0.15, 0.2) is 18.2 Å². The van der Waals surface area contributed by atoms with Gasteiger partial charge >= 0.3 is 16.2 Å². The molecule has 1 saturated heterocycles. The molecule has 0 saturated carbocycles. The van der Waals surface area contributed by atoms with E-state index >= 15 is 0 Å². The Balaban J connectivity index is 2.23. The molecule has 1 aromatic carbocycles. The molecule has 156 valence electrons. The highest BCUT2D eigenvalue weighted by Crippen LogP contribution is 2.26. The Kier molecular flexibility index (Phi) is 7.06. The van der Waals surface area contributed by atoms with Crippen molar-refractivity contribution >= 4 is 27.8 Å². The standard InChI is InChI=1S/C19H29N3O5S/c1-14-6-7-15(2)17(12-14)22(28(25,26)20(3)4)13-18(23)21-10-8-16(9-11-21)19(24)27-5/h6-7,12,16H,8-11,13H2,1-5H3. The summed E-state index contributed by atoms with van der Waals surface area (Å²) >= 11 is 0. The van der Waals surface area contributed by atoms with E-state index in [0.717, 1.165) is 19.7 Å². The number of methoxy groups -OCH3 is 1. The smallest absolute Gasteiger partial charge is 0.308 e. The van der Waals surface area contributed by atoms with Crippen molar-refractivity contribution in [3.05, 3.63) is 29.3 Å². The molecule has 1 aliphatic heterocycles. The van der Waals surface area contributed by atoms with Gasteiger partial charge in [0.05, 0.1) is 18.7 Å². The number of esters is 1. The fourth-order valence-electron chi connectivity index (χ4n) is 3.23. The Morgan fingerprint density at radius 3 is 2.32 bits per heavy atom. The van der Waals surface area contributed by atoms with Crippen LogP contribution in [0.4, 0.5) is 5.69 Å². The van der Waals surface area contributed by atoms with Crippen LogP contribution >= 0.6 is 0 Å². The second-order valence-electron chi connectivity index (χ2n) is 7.26. The van der Waals surface area contributed by atoms with Crippen LogP contribution in [0.5, 0.6) is 0 Å². The van der Waals surface area contributed by atoms with Gasteiger partial charge in [-0.05, 0) is 43.9 Å². The molecular formula is C19H29N3O5S. The zero-order valence-electron chi connectivity index (χ0n) is 17.1. The van der Waals surface area contributed by atoms with Crippen LogP contribution in [-0.2, 0) is 24.5 Å². The zero-order valence-corrected chi connectivity index (χ0v) is 18.0. The maximum atomic E-state index is 12.9. The Bertz CT molecular complexity index is 830. The Morgan fingerprint density at radius 2 is 1.79 bits per heavy atom. The fourth-order valence-corrected chi connectivity index (χ4v) is 4.34. The second-order valence-corrected chi connectivity index (χ2v) is 9.33. The van der Waals surface area contributed by atoms with Crippen molar-refractivity contribution in [2.24, 2.45) is 5.92 Å². The number of ether oxygens (including phenoxy) is 1. The lowest BCUT2D eigenvalue weighted by Crippen LogP contribution is -2.49. The minimum Gasteiger partial charge on any atom is -0.469 e. The van der Waals surface area contributed by atoms with Gasteiger partial charge in [0.2, 0.25) is 5.91 Å². The summed E-state index contributed by atoms with van der Waals surface area (Å²) in [5.74, 6) is -0.761. The molecule has 1 amide bonds. The normalized spacial score (nSPS) is 15.6. The van der Waals surface area contributed by atoms with E-state index in [2.05, 4.69) is 0 Å². The van der Waals surface area contributed by atoms with Gasteiger partial charge in [0, 0.05) is 27.2 Å². The SMILES string of the molecule is COC(=O)C1CCN(C(=O)CN(c2cc(C)ccc2C)S(=O)(=O)N(C)C)CC1. The summed E-state index contributed by atoms with van der Waals surface area (Å²) < 4.78 is 32.9. The molecule has 1 aromatic rings. The van der Waals surface area contributed by atoms with E-state index < -0.39 is 10.2 Å². The Labute approximate surface area is 167 Å². The van der Waals surface area contributed by atoms with Gasteiger partial charge in [0.1, 0.15) is 6.54 Å². The molecule has 28 heavy (non-hydrogen) atoms. The van der Waals surface area contributed by atoms with Crippen molar-refractivity contribution in [1.82, 2.24) is 9.21 Å². The molecule has 9 heteroatoms. The lowest BCUT2D eigenvalue weighted by molar-refractivity contribution is -0.148. The first kappa shape index (κ1) is 22.2. The summed E-state index contributed by atoms with van der Waals surface area (Å²) in [7, 11) is 0.396. The summed E-state index contributed by atoms with van der Waals surface area (Å²) in [5, 5.41) is 0. The van der Waals surface area contributed by atoms with E-state index in [9.17, 15) is 18.0 Å². The first-order chi connectivity index (χ1) is 13.1. The van der Waals surface area contributed by atoms with Gasteiger partial charge in [-0.3, -0.25) is 9.59 Å². The summed E-state index contributed by atoms with van der Waals surface area (Å²) in [6.07, 6.45) is 1.03. The number of aryl methyl sites for hydroxylation is 2. The maximum Gasteiger partial charge on any atom is 0.308 e. The molecule has 0 spiro atoms. The van der Waals surface area contributed by atoms with Gasteiger partial charge in [0.25, 0.3) is 0 Å². The number of carbonyl (C=O) groups is 2. The van der Waals surface area contributed by atoms with Crippen molar-refractivity contribution in [2.75, 3.05) is 45.1 Å². The summed E-state index contributed by atoms with van der Waals surface area (Å²) in [5.41, 5.74) is 2.17. The number of piperidine rings is 1. The van der Waals surface area contributed by atoms with Gasteiger partial charge in [-0.1, -0.05) is 12.1 Å². The largest absolute Gasteiger partial charge is 0.469 e. The molecule has 0 aliphatic carbocycles. The first-order valence-electron chi connectivity index (χ1n) is 9.21. The van der Waals surface area contributed by atoms with Gasteiger partial charge < -0.3 is 9.64 Å². The second kappa shape index (κ2) is 8.91. The van der Waals surface area contributed by atoms with Crippen molar-refractivity contribution in [3.8, 4) is 0 Å². The molecule has 2 rings (SSSR count). The number of likely N-dealkylation sites (tertiary alicyclic amines) is 1. The zero-order chi connectivity index (χ0) is 21.1. The van der Waals surface area contributed by atoms with E-state index in [-0.39, 0.29) is 24.3 Å². The fraction of sp³-hybridized carbons (Fsp3) is 0.579. The molecule has 1 fully saturated rings. The number of rotatable bonds is 6. The van der Waals surface area contributed by atoms with Crippen LogP contribution in [0.3, 0.4) is 0 Å². The van der Waals surface area contributed by atoms with Crippen molar-refractivity contribution < 1.29 is 22.7 Å². The van der Waals surface area contributed by atoms with Gasteiger partial charge in [-0.25, -0.2) is 4.31 Å². The molecule has 8 nitrogen and oxygen atoms in total.